The molecular weight excluding hydrogens is 344 g/mol. The van der Waals surface area contributed by atoms with Gasteiger partial charge in [-0.1, -0.05) is 24.3 Å². The SMILES string of the molecule is O=C(c1cc(-c2cccs2)nc2ccccc12)N1CCC(CCO)CC1. The highest BCUT2D eigenvalue weighted by Gasteiger charge is 2.25. The number of thiophene rings is 1. The van der Waals surface area contributed by atoms with E-state index in [4.69, 9.17) is 10.1 Å². The third-order valence-corrected chi connectivity index (χ3v) is 6.05. The van der Waals surface area contributed by atoms with Gasteiger partial charge in [-0.25, -0.2) is 4.98 Å². The summed E-state index contributed by atoms with van der Waals surface area (Å²) in [5, 5.41) is 12.1. The molecule has 0 atom stereocenters. The predicted molar refractivity (Wildman–Crippen MR) is 105 cm³/mol. The first-order chi connectivity index (χ1) is 12.8. The van der Waals surface area contributed by atoms with Gasteiger partial charge in [0.05, 0.1) is 21.7 Å². The van der Waals surface area contributed by atoms with Crippen LogP contribution in [0, 0.1) is 5.92 Å². The molecule has 1 saturated heterocycles. The fourth-order valence-corrected chi connectivity index (χ4v) is 4.37. The number of fused-ring (bicyclic) bond motifs is 1. The summed E-state index contributed by atoms with van der Waals surface area (Å²) in [6.45, 7) is 1.75. The number of amides is 1. The molecule has 1 amide bonds. The lowest BCUT2D eigenvalue weighted by molar-refractivity contribution is 0.0680. The number of aliphatic hydroxyl groups excluding tert-OH is 1. The molecule has 5 heteroatoms. The second-order valence-electron chi connectivity index (χ2n) is 6.80. The van der Waals surface area contributed by atoms with Crippen LogP contribution in [0.5, 0.6) is 0 Å². The number of carbonyl (C=O) groups excluding carboxylic acids is 1. The summed E-state index contributed by atoms with van der Waals surface area (Å²) >= 11 is 1.64. The van der Waals surface area contributed by atoms with Gasteiger partial charge in [0, 0.05) is 25.1 Å². The van der Waals surface area contributed by atoms with Crippen LogP contribution in [0.3, 0.4) is 0 Å². The molecule has 0 aliphatic carbocycles. The standard InChI is InChI=1S/C21H22N2O2S/c24-12-9-15-7-10-23(11-8-15)21(25)17-14-19(20-6-3-13-26-20)22-18-5-2-1-4-16(17)18/h1-6,13-15,24H,7-12H2. The highest BCUT2D eigenvalue weighted by atomic mass is 32.1. The number of pyridine rings is 1. The zero-order valence-corrected chi connectivity index (χ0v) is 15.4. The van der Waals surface area contributed by atoms with Crippen molar-refractivity contribution in [1.29, 1.82) is 0 Å². The number of aliphatic hydroxyl groups is 1. The molecular formula is C21H22N2O2S. The highest BCUT2D eigenvalue weighted by molar-refractivity contribution is 7.13. The van der Waals surface area contributed by atoms with E-state index in [1.807, 2.05) is 52.7 Å². The molecule has 0 saturated carbocycles. The number of benzene rings is 1. The van der Waals surface area contributed by atoms with E-state index >= 15 is 0 Å². The van der Waals surface area contributed by atoms with Gasteiger partial charge in [0.15, 0.2) is 0 Å². The summed E-state index contributed by atoms with van der Waals surface area (Å²) in [5.41, 5.74) is 2.45. The molecule has 0 bridgehead atoms. The smallest absolute Gasteiger partial charge is 0.254 e. The first-order valence-electron chi connectivity index (χ1n) is 9.10. The van der Waals surface area contributed by atoms with Crippen molar-refractivity contribution in [1.82, 2.24) is 9.88 Å². The summed E-state index contributed by atoms with van der Waals surface area (Å²) in [4.78, 5) is 21.0. The molecule has 3 heterocycles. The number of likely N-dealkylation sites (tertiary alicyclic amines) is 1. The molecule has 0 unspecified atom stereocenters. The molecule has 26 heavy (non-hydrogen) atoms. The van der Waals surface area contributed by atoms with Crippen molar-refractivity contribution in [3.8, 4) is 10.6 Å². The number of rotatable bonds is 4. The number of carbonyl (C=O) groups is 1. The van der Waals surface area contributed by atoms with Crippen molar-refractivity contribution in [2.24, 2.45) is 5.92 Å². The van der Waals surface area contributed by atoms with Gasteiger partial charge in [-0.15, -0.1) is 11.3 Å². The van der Waals surface area contributed by atoms with E-state index in [-0.39, 0.29) is 12.5 Å². The fourth-order valence-electron chi connectivity index (χ4n) is 3.68. The Hall–Kier alpha value is -2.24. The Morgan fingerprint density at radius 3 is 2.73 bits per heavy atom. The largest absolute Gasteiger partial charge is 0.396 e. The Morgan fingerprint density at radius 2 is 2.00 bits per heavy atom. The van der Waals surface area contributed by atoms with Gasteiger partial charge in [-0.2, -0.15) is 0 Å². The maximum atomic E-state index is 13.3. The Balaban J connectivity index is 1.68. The molecule has 1 N–H and O–H groups in total. The van der Waals surface area contributed by atoms with E-state index in [1.165, 1.54) is 0 Å². The molecule has 1 aliphatic rings. The highest BCUT2D eigenvalue weighted by Crippen LogP contribution is 2.29. The second-order valence-corrected chi connectivity index (χ2v) is 7.75. The van der Waals surface area contributed by atoms with Crippen LogP contribution in [0.4, 0.5) is 0 Å². The third-order valence-electron chi connectivity index (χ3n) is 5.16. The van der Waals surface area contributed by atoms with Crippen molar-refractivity contribution < 1.29 is 9.90 Å². The minimum atomic E-state index is 0.0869. The van der Waals surface area contributed by atoms with Crippen molar-refractivity contribution >= 4 is 28.1 Å². The molecule has 2 aromatic heterocycles. The minimum Gasteiger partial charge on any atom is -0.396 e. The van der Waals surface area contributed by atoms with Gasteiger partial charge < -0.3 is 10.0 Å². The lowest BCUT2D eigenvalue weighted by Gasteiger charge is -2.32. The number of piperidine rings is 1. The average molecular weight is 366 g/mol. The van der Waals surface area contributed by atoms with E-state index in [0.717, 1.165) is 59.4 Å². The van der Waals surface area contributed by atoms with Crippen LogP contribution < -0.4 is 0 Å². The molecule has 4 nitrogen and oxygen atoms in total. The molecule has 3 aromatic rings. The van der Waals surface area contributed by atoms with Crippen LogP contribution >= 0.6 is 11.3 Å². The van der Waals surface area contributed by atoms with Gasteiger partial charge in [0.2, 0.25) is 0 Å². The number of hydrogen-bond acceptors (Lipinski definition) is 4. The zero-order chi connectivity index (χ0) is 17.9. The molecule has 1 aliphatic heterocycles. The second kappa shape index (κ2) is 7.56. The van der Waals surface area contributed by atoms with Gasteiger partial charge in [-0.05, 0) is 48.8 Å². The van der Waals surface area contributed by atoms with E-state index in [0.29, 0.717) is 5.92 Å². The van der Waals surface area contributed by atoms with Gasteiger partial charge in [-0.3, -0.25) is 4.79 Å². The van der Waals surface area contributed by atoms with E-state index < -0.39 is 0 Å². The predicted octanol–water partition coefficient (Wildman–Crippen LogP) is 4.20. The number of para-hydroxylation sites is 1. The third kappa shape index (κ3) is 3.37. The maximum absolute atomic E-state index is 13.3. The summed E-state index contributed by atoms with van der Waals surface area (Å²) in [5.74, 6) is 0.615. The number of hydrogen-bond donors (Lipinski definition) is 1. The minimum absolute atomic E-state index is 0.0869. The maximum Gasteiger partial charge on any atom is 0.254 e. The van der Waals surface area contributed by atoms with Crippen LogP contribution in [0.15, 0.2) is 47.8 Å². The van der Waals surface area contributed by atoms with Crippen molar-refractivity contribution in [2.45, 2.75) is 19.3 Å². The Morgan fingerprint density at radius 1 is 1.19 bits per heavy atom. The normalized spacial score (nSPS) is 15.5. The van der Waals surface area contributed by atoms with E-state index in [1.54, 1.807) is 11.3 Å². The van der Waals surface area contributed by atoms with Gasteiger partial charge in [0.1, 0.15) is 0 Å². The Kier molecular flexibility index (Phi) is 5.00. The molecule has 4 rings (SSSR count). The van der Waals surface area contributed by atoms with E-state index in [9.17, 15) is 4.79 Å². The van der Waals surface area contributed by atoms with Crippen LogP contribution in [0.2, 0.25) is 0 Å². The Labute approximate surface area is 157 Å². The number of nitrogens with zero attached hydrogens (tertiary/aromatic N) is 2. The van der Waals surface area contributed by atoms with Crippen LogP contribution in [-0.2, 0) is 0 Å². The first kappa shape index (κ1) is 17.2. The fraction of sp³-hybridized carbons (Fsp3) is 0.333. The van der Waals surface area contributed by atoms with Gasteiger partial charge in [0.25, 0.3) is 5.91 Å². The molecule has 1 aromatic carbocycles. The monoisotopic (exact) mass is 366 g/mol. The van der Waals surface area contributed by atoms with Crippen molar-refractivity contribution in [2.75, 3.05) is 19.7 Å². The first-order valence-corrected chi connectivity index (χ1v) is 9.98. The lowest BCUT2D eigenvalue weighted by atomic mass is 9.93. The van der Waals surface area contributed by atoms with Gasteiger partial charge >= 0.3 is 0 Å². The van der Waals surface area contributed by atoms with Crippen LogP contribution in [0.25, 0.3) is 21.5 Å². The topological polar surface area (TPSA) is 53.4 Å². The quantitative estimate of drug-likeness (QED) is 0.753. The van der Waals surface area contributed by atoms with Crippen molar-refractivity contribution in [3.63, 3.8) is 0 Å². The summed E-state index contributed by atoms with van der Waals surface area (Å²) in [7, 11) is 0. The van der Waals surface area contributed by atoms with Crippen molar-refractivity contribution in [3.05, 3.63) is 53.4 Å². The molecule has 134 valence electrons. The van der Waals surface area contributed by atoms with E-state index in [2.05, 4.69) is 0 Å². The molecule has 0 radical (unpaired) electrons. The van der Waals surface area contributed by atoms with Crippen LogP contribution in [-0.4, -0.2) is 40.6 Å². The lowest BCUT2D eigenvalue weighted by Crippen LogP contribution is -2.38. The molecule has 1 fully saturated rings. The summed E-state index contributed by atoms with van der Waals surface area (Å²) < 4.78 is 0. The molecule has 0 spiro atoms. The zero-order valence-electron chi connectivity index (χ0n) is 14.6. The van der Waals surface area contributed by atoms with Crippen LogP contribution in [0.1, 0.15) is 29.6 Å². The summed E-state index contributed by atoms with van der Waals surface area (Å²) in [6.07, 6.45) is 2.77. The summed E-state index contributed by atoms with van der Waals surface area (Å²) in [6, 6.07) is 13.8. The Bertz CT molecular complexity index is 900. The number of aromatic nitrogens is 1. The average Bonchev–Trinajstić information content (AvgIpc) is 3.22.